The van der Waals surface area contributed by atoms with Gasteiger partial charge >= 0.3 is 0 Å². The van der Waals surface area contributed by atoms with E-state index in [1.165, 1.54) is 24.3 Å². The minimum atomic E-state index is -4.50. The summed E-state index contributed by atoms with van der Waals surface area (Å²) in [5.41, 5.74) is 0.0503. The summed E-state index contributed by atoms with van der Waals surface area (Å²) in [4.78, 5) is 12.8. The Balaban J connectivity index is 3.24. The topological polar surface area (TPSA) is 128 Å². The molecule has 2 N–H and O–H groups in total. The Morgan fingerprint density at radius 3 is 1.55 bits per heavy atom. The Morgan fingerprint density at radius 1 is 0.828 bits per heavy atom. The second-order valence-electron chi connectivity index (χ2n) is 6.24. The van der Waals surface area contributed by atoms with E-state index in [1.54, 1.807) is 33.8 Å². The molecule has 0 atom stereocenters. The molecular weight excluding hydrogens is 460 g/mol. The third-order valence-electron chi connectivity index (χ3n) is 2.97. The number of rotatable bonds is 8. The number of hydrogen-bond donors (Lipinski definition) is 2. The van der Waals surface area contributed by atoms with Gasteiger partial charge in [-0.1, -0.05) is 30.3 Å². The fraction of sp³-hybridized carbons (Fsp3) is 0.438. The molecule has 0 bridgehead atoms. The second kappa shape index (κ2) is 10.5. The summed E-state index contributed by atoms with van der Waals surface area (Å²) in [5.74, 6) is -0.877. The first-order chi connectivity index (χ1) is 13.3. The number of ether oxygens (including phenoxy) is 2. The highest BCUT2D eigenvalue weighted by Gasteiger charge is 2.34. The van der Waals surface area contributed by atoms with E-state index in [1.807, 2.05) is 9.44 Å². The number of nitrogens with one attached hydrogen (secondary N) is 2. The maximum Gasteiger partial charge on any atom is 0.295 e. The van der Waals surface area contributed by atoms with Gasteiger partial charge in [0.15, 0.2) is 5.78 Å². The van der Waals surface area contributed by atoms with Crippen LogP contribution in [0, 0.1) is 0 Å². The Morgan fingerprint density at radius 2 is 1.21 bits per heavy atom. The molecule has 29 heavy (non-hydrogen) atoms. The minimum Gasteiger partial charge on any atom is -0.472 e. The van der Waals surface area contributed by atoms with Crippen molar-refractivity contribution in [3.8, 4) is 0 Å². The zero-order chi connectivity index (χ0) is 22.4. The van der Waals surface area contributed by atoms with Crippen molar-refractivity contribution in [1.29, 1.82) is 0 Å². The van der Waals surface area contributed by atoms with E-state index in [-0.39, 0.29) is 5.56 Å². The Hall–Kier alpha value is -1.51. The minimum absolute atomic E-state index is 0.0503. The lowest BCUT2D eigenvalue weighted by Gasteiger charge is -2.20. The number of ketones is 1. The number of hydrogen-bond acceptors (Lipinski definition) is 9. The summed E-state index contributed by atoms with van der Waals surface area (Å²) in [5, 5.41) is 0. The SMILES string of the molecule is CC(C)OC(=S)S(=O)(=O)NC(NS(=O)(=O)C(=S)OC(C)C)C(=O)c1ccccc1. The van der Waals surface area contributed by atoms with E-state index in [0.29, 0.717) is 0 Å². The summed E-state index contributed by atoms with van der Waals surface area (Å²) in [6.45, 7) is 6.22. The van der Waals surface area contributed by atoms with Crippen LogP contribution in [0.25, 0.3) is 0 Å². The van der Waals surface area contributed by atoms with Crippen LogP contribution in [0.15, 0.2) is 30.3 Å². The fourth-order valence-corrected chi connectivity index (χ4v) is 4.35. The molecule has 0 amide bonds. The van der Waals surface area contributed by atoms with Crippen molar-refractivity contribution in [3.63, 3.8) is 0 Å². The third-order valence-corrected chi connectivity index (χ3v) is 6.64. The van der Waals surface area contributed by atoms with E-state index in [2.05, 4.69) is 0 Å². The summed E-state index contributed by atoms with van der Waals surface area (Å²) >= 11 is 9.45. The number of carbonyl (C=O) groups is 1. The quantitative estimate of drug-likeness (QED) is 0.321. The Kier molecular flexibility index (Phi) is 9.24. The average molecular weight is 483 g/mol. The van der Waals surface area contributed by atoms with Gasteiger partial charge in [-0.2, -0.15) is 9.44 Å². The molecule has 0 aromatic heterocycles. The molecule has 0 heterocycles. The fourth-order valence-electron chi connectivity index (χ4n) is 1.82. The van der Waals surface area contributed by atoms with Crippen LogP contribution in [0.1, 0.15) is 38.1 Å². The molecule has 1 aromatic carbocycles. The van der Waals surface area contributed by atoms with Crippen LogP contribution < -0.4 is 9.44 Å². The van der Waals surface area contributed by atoms with Crippen LogP contribution in [0.4, 0.5) is 0 Å². The van der Waals surface area contributed by atoms with Gasteiger partial charge in [-0.05, 0) is 52.1 Å². The summed E-state index contributed by atoms with van der Waals surface area (Å²) < 4.78 is 61.8. The normalized spacial score (nSPS) is 12.2. The first kappa shape index (κ1) is 25.5. The first-order valence-electron chi connectivity index (χ1n) is 8.31. The molecule has 0 aliphatic heterocycles. The van der Waals surface area contributed by atoms with Crippen molar-refractivity contribution in [3.05, 3.63) is 35.9 Å². The predicted octanol–water partition coefficient (Wildman–Crippen LogP) is 1.45. The van der Waals surface area contributed by atoms with Gasteiger partial charge in [-0.3, -0.25) is 4.79 Å². The van der Waals surface area contributed by atoms with E-state index >= 15 is 0 Å². The molecule has 0 fully saturated rings. The van der Waals surface area contributed by atoms with E-state index in [4.69, 9.17) is 33.9 Å². The van der Waals surface area contributed by atoms with Gasteiger partial charge < -0.3 is 9.47 Å². The van der Waals surface area contributed by atoms with Crippen LogP contribution >= 0.6 is 24.4 Å². The largest absolute Gasteiger partial charge is 0.472 e. The van der Waals surface area contributed by atoms with E-state index in [0.717, 1.165) is 0 Å². The van der Waals surface area contributed by atoms with Crippen molar-refractivity contribution in [2.45, 2.75) is 46.1 Å². The number of carbonyl (C=O) groups excluding carboxylic acids is 1. The van der Waals surface area contributed by atoms with Gasteiger partial charge in [-0.25, -0.2) is 16.8 Å². The number of benzene rings is 1. The van der Waals surface area contributed by atoms with Crippen molar-refractivity contribution in [2.75, 3.05) is 0 Å². The molecule has 0 aliphatic rings. The number of Topliss-reactive ketones (excluding diaryl/α,β-unsaturated/α-hetero) is 1. The lowest BCUT2D eigenvalue weighted by atomic mass is 10.1. The standard InChI is InChI=1S/C16H22N2O7S4/c1-10(2)24-15(26)28(20,21)17-14(13(19)12-8-6-5-7-9-12)18-29(22,23)16(27)25-11(3)4/h5-11,14,17-18H,1-4H3. The summed E-state index contributed by atoms with van der Waals surface area (Å²) in [7, 11) is -9.00. The summed E-state index contributed by atoms with van der Waals surface area (Å²) in [6.07, 6.45) is -3.04. The van der Waals surface area contributed by atoms with Crippen molar-refractivity contribution >= 4 is 59.0 Å². The molecule has 0 radical (unpaired) electrons. The van der Waals surface area contributed by atoms with Crippen molar-refractivity contribution < 1.29 is 31.1 Å². The molecule has 0 saturated heterocycles. The second-order valence-corrected chi connectivity index (χ2v) is 10.7. The molecule has 13 heteroatoms. The average Bonchev–Trinajstić information content (AvgIpc) is 2.59. The zero-order valence-corrected chi connectivity index (χ0v) is 19.4. The van der Waals surface area contributed by atoms with Crippen LogP contribution in [-0.2, 0) is 29.5 Å². The molecule has 162 valence electrons. The maximum absolute atomic E-state index is 12.8. The van der Waals surface area contributed by atoms with Gasteiger partial charge in [0.1, 0.15) is 6.17 Å². The smallest absolute Gasteiger partial charge is 0.295 e. The lowest BCUT2D eigenvalue weighted by molar-refractivity contribution is 0.0948. The molecular formula is C16H22N2O7S4. The van der Waals surface area contributed by atoms with Crippen LogP contribution in [0.3, 0.4) is 0 Å². The molecule has 1 aromatic rings. The van der Waals surface area contributed by atoms with Crippen molar-refractivity contribution in [1.82, 2.24) is 9.44 Å². The van der Waals surface area contributed by atoms with Gasteiger partial charge in [0, 0.05) is 5.56 Å². The van der Waals surface area contributed by atoms with Crippen LogP contribution in [-0.4, -0.2) is 49.8 Å². The molecule has 0 spiro atoms. The highest BCUT2D eigenvalue weighted by molar-refractivity contribution is 8.16. The van der Waals surface area contributed by atoms with Gasteiger partial charge in [0.05, 0.1) is 12.2 Å². The monoisotopic (exact) mass is 482 g/mol. The molecule has 9 nitrogen and oxygen atoms in total. The van der Waals surface area contributed by atoms with Crippen LogP contribution in [0.2, 0.25) is 0 Å². The van der Waals surface area contributed by atoms with E-state index < -0.39 is 53.0 Å². The number of sulfonamides is 2. The zero-order valence-electron chi connectivity index (χ0n) is 16.1. The van der Waals surface area contributed by atoms with E-state index in [9.17, 15) is 21.6 Å². The van der Waals surface area contributed by atoms with Gasteiger partial charge in [0.2, 0.25) is 0 Å². The lowest BCUT2D eigenvalue weighted by Crippen LogP contribution is -2.55. The third kappa shape index (κ3) is 8.03. The van der Waals surface area contributed by atoms with Gasteiger partial charge in [0.25, 0.3) is 28.8 Å². The molecule has 0 saturated carbocycles. The Labute approximate surface area is 181 Å². The molecule has 0 unspecified atom stereocenters. The summed E-state index contributed by atoms with van der Waals surface area (Å²) in [6, 6.07) is 7.49. The first-order valence-corrected chi connectivity index (χ1v) is 12.1. The number of thiocarbonyl (C=S) groups is 2. The molecule has 1 rings (SSSR count). The van der Waals surface area contributed by atoms with Crippen LogP contribution in [0.5, 0.6) is 0 Å². The van der Waals surface area contributed by atoms with Gasteiger partial charge in [-0.15, -0.1) is 0 Å². The highest BCUT2D eigenvalue weighted by atomic mass is 32.2. The highest BCUT2D eigenvalue weighted by Crippen LogP contribution is 2.08. The maximum atomic E-state index is 12.8. The van der Waals surface area contributed by atoms with Crippen molar-refractivity contribution in [2.24, 2.45) is 0 Å². The molecule has 0 aliphatic carbocycles. The Bertz CT molecular complexity index is 904. The predicted molar refractivity (Wildman–Crippen MR) is 116 cm³/mol.